The molecule has 0 aromatic rings. The maximum atomic E-state index is 11.0. The molecule has 5 unspecified atom stereocenters. The van der Waals surface area contributed by atoms with E-state index in [2.05, 4.69) is 22.6 Å². The van der Waals surface area contributed by atoms with Crippen LogP contribution in [0.5, 0.6) is 0 Å². The molecule has 6 nitrogen and oxygen atoms in total. The summed E-state index contributed by atoms with van der Waals surface area (Å²) in [4.78, 5) is 26.3. The Morgan fingerprint density at radius 3 is 2.64 bits per heavy atom. The zero-order valence-corrected chi connectivity index (χ0v) is 15.4. The van der Waals surface area contributed by atoms with Gasteiger partial charge in [0.1, 0.15) is 12.2 Å². The van der Waals surface area contributed by atoms with E-state index in [1.54, 1.807) is 0 Å². The van der Waals surface area contributed by atoms with E-state index >= 15 is 0 Å². The number of carbonyl (C=O) groups excluding carboxylic acids is 1. The first-order valence-electron chi connectivity index (χ1n) is 9.57. The predicted octanol–water partition coefficient (Wildman–Crippen LogP) is 4.05. The van der Waals surface area contributed by atoms with Crippen LogP contribution in [0.4, 0.5) is 0 Å². The van der Waals surface area contributed by atoms with Gasteiger partial charge >= 0.3 is 5.97 Å². The van der Waals surface area contributed by atoms with Gasteiger partial charge in [0.05, 0.1) is 13.2 Å². The van der Waals surface area contributed by atoms with Gasteiger partial charge in [-0.15, -0.1) is 0 Å². The number of rotatable bonds is 12. The third kappa shape index (κ3) is 6.06. The van der Waals surface area contributed by atoms with Gasteiger partial charge in [0.25, 0.3) is 0 Å². The number of hydrogen-bond acceptors (Lipinski definition) is 6. The second kappa shape index (κ2) is 10.9. The molecule has 5 atom stereocenters. The maximum absolute atomic E-state index is 11.0. The van der Waals surface area contributed by atoms with Crippen LogP contribution in [0.3, 0.4) is 0 Å². The molecule has 1 aliphatic carbocycles. The number of carbonyl (C=O) groups is 1. The molecule has 2 rings (SSSR count). The van der Waals surface area contributed by atoms with Crippen molar-refractivity contribution >= 4 is 5.97 Å². The second-order valence-corrected chi connectivity index (χ2v) is 7.07. The molecule has 2 aliphatic rings. The second-order valence-electron chi connectivity index (χ2n) is 7.07. The van der Waals surface area contributed by atoms with Crippen molar-refractivity contribution in [1.29, 1.82) is 0 Å². The summed E-state index contributed by atoms with van der Waals surface area (Å²) < 4.78 is 4.62. The molecule has 25 heavy (non-hydrogen) atoms. The summed E-state index contributed by atoms with van der Waals surface area (Å²) in [6.07, 6.45) is 12.5. The van der Waals surface area contributed by atoms with Gasteiger partial charge in [-0.05, 0) is 18.8 Å². The lowest BCUT2D eigenvalue weighted by molar-refractivity contribution is -0.336. The van der Waals surface area contributed by atoms with Crippen molar-refractivity contribution in [3.63, 3.8) is 0 Å². The maximum Gasteiger partial charge on any atom is 0.305 e. The number of esters is 1. The van der Waals surface area contributed by atoms with Crippen molar-refractivity contribution in [3.05, 3.63) is 12.2 Å². The molecule has 1 N–H and O–H groups in total. The summed E-state index contributed by atoms with van der Waals surface area (Å²) in [5.74, 6) is 0.697. The predicted molar refractivity (Wildman–Crippen MR) is 92.6 cm³/mol. The number of fused-ring (bicyclic) bond motifs is 2. The molecule has 0 aromatic carbocycles. The first kappa shape index (κ1) is 20.4. The molecule has 2 bridgehead atoms. The summed E-state index contributed by atoms with van der Waals surface area (Å²) in [6.45, 7) is 2.18. The lowest BCUT2D eigenvalue weighted by atomic mass is 9.90. The Morgan fingerprint density at radius 1 is 1.20 bits per heavy atom. The van der Waals surface area contributed by atoms with E-state index in [0.29, 0.717) is 18.3 Å². The van der Waals surface area contributed by atoms with Gasteiger partial charge in [-0.25, -0.2) is 14.7 Å². The van der Waals surface area contributed by atoms with E-state index in [1.807, 2.05) is 6.08 Å². The Bertz CT molecular complexity index is 424. The van der Waals surface area contributed by atoms with Crippen molar-refractivity contribution in [2.75, 3.05) is 7.11 Å². The molecule has 1 aliphatic heterocycles. The minimum absolute atomic E-state index is 0.139. The molecule has 2 fully saturated rings. The van der Waals surface area contributed by atoms with Crippen LogP contribution in [0.15, 0.2) is 12.2 Å². The van der Waals surface area contributed by atoms with E-state index in [1.165, 1.54) is 7.11 Å². The van der Waals surface area contributed by atoms with Gasteiger partial charge in [0.15, 0.2) is 0 Å². The Hall–Kier alpha value is -0.950. The fraction of sp³-hybridized carbons (Fsp3) is 0.842. The lowest BCUT2D eigenvalue weighted by Crippen LogP contribution is -2.28. The number of methoxy groups -OCH3 is 1. The van der Waals surface area contributed by atoms with Gasteiger partial charge in [0.2, 0.25) is 0 Å². The van der Waals surface area contributed by atoms with E-state index in [9.17, 15) is 4.79 Å². The highest BCUT2D eigenvalue weighted by Gasteiger charge is 2.48. The third-order valence-electron chi connectivity index (χ3n) is 5.42. The van der Waals surface area contributed by atoms with Gasteiger partial charge < -0.3 is 4.74 Å². The zero-order chi connectivity index (χ0) is 18.1. The largest absolute Gasteiger partial charge is 0.469 e. The van der Waals surface area contributed by atoms with Crippen molar-refractivity contribution in [2.24, 2.45) is 11.8 Å². The minimum Gasteiger partial charge on any atom is -0.469 e. The topological polar surface area (TPSA) is 74.2 Å². The Kier molecular flexibility index (Phi) is 8.89. The average Bonchev–Trinajstić information content (AvgIpc) is 3.24. The van der Waals surface area contributed by atoms with E-state index in [4.69, 9.17) is 15.0 Å². The highest BCUT2D eigenvalue weighted by Crippen LogP contribution is 2.44. The monoisotopic (exact) mass is 356 g/mol. The molecule has 0 amide bonds. The Labute approximate surface area is 150 Å². The van der Waals surface area contributed by atoms with Crippen LogP contribution >= 0.6 is 0 Å². The van der Waals surface area contributed by atoms with E-state index < -0.39 is 0 Å². The van der Waals surface area contributed by atoms with Crippen LogP contribution in [0.2, 0.25) is 0 Å². The minimum atomic E-state index is -0.271. The quantitative estimate of drug-likeness (QED) is 0.187. The molecule has 1 heterocycles. The zero-order valence-electron chi connectivity index (χ0n) is 15.4. The third-order valence-corrected chi connectivity index (χ3v) is 5.42. The van der Waals surface area contributed by atoms with Gasteiger partial charge in [-0.3, -0.25) is 10.1 Å². The Balaban J connectivity index is 1.61. The van der Waals surface area contributed by atoms with Gasteiger partial charge in [0, 0.05) is 18.8 Å². The summed E-state index contributed by atoms with van der Waals surface area (Å²) in [5, 5.41) is 9.13. The normalized spacial score (nSPS) is 29.4. The first-order chi connectivity index (χ1) is 12.2. The summed E-state index contributed by atoms with van der Waals surface area (Å²) in [5.41, 5.74) is 0. The molecule has 144 valence electrons. The Morgan fingerprint density at radius 2 is 1.92 bits per heavy atom. The van der Waals surface area contributed by atoms with Crippen LogP contribution in [-0.4, -0.2) is 36.6 Å². The standard InChI is InChI=1S/C19H32O6/c1-3-15-16(18-13-17(15)24-25-18)12-11-14(23-21)9-7-5-4-6-8-10-19(20)22-2/h11-12,14-18,21H,3-10,13H2,1-2H3/b12-11+. The first-order valence-corrected chi connectivity index (χ1v) is 9.57. The summed E-state index contributed by atoms with van der Waals surface area (Å²) in [7, 11) is 1.42. The average molecular weight is 356 g/mol. The van der Waals surface area contributed by atoms with Crippen LogP contribution < -0.4 is 0 Å². The van der Waals surface area contributed by atoms with Gasteiger partial charge in [-0.1, -0.05) is 51.2 Å². The van der Waals surface area contributed by atoms with E-state index in [0.717, 1.165) is 51.4 Å². The number of ether oxygens (including phenoxy) is 1. The van der Waals surface area contributed by atoms with Crippen LogP contribution in [-0.2, 0) is 24.2 Å². The molecule has 6 heteroatoms. The van der Waals surface area contributed by atoms with Crippen molar-refractivity contribution in [1.82, 2.24) is 0 Å². The van der Waals surface area contributed by atoms with Crippen molar-refractivity contribution in [3.8, 4) is 0 Å². The van der Waals surface area contributed by atoms with Crippen LogP contribution in [0.1, 0.15) is 64.7 Å². The molecule has 0 radical (unpaired) electrons. The van der Waals surface area contributed by atoms with Crippen LogP contribution in [0, 0.1) is 11.8 Å². The van der Waals surface area contributed by atoms with Crippen molar-refractivity contribution < 1.29 is 29.5 Å². The van der Waals surface area contributed by atoms with E-state index in [-0.39, 0.29) is 24.3 Å². The van der Waals surface area contributed by atoms with Gasteiger partial charge in [-0.2, -0.15) is 0 Å². The van der Waals surface area contributed by atoms with Crippen LogP contribution in [0.25, 0.3) is 0 Å². The molecule has 1 saturated heterocycles. The molecule has 0 aromatic heterocycles. The molecular weight excluding hydrogens is 324 g/mol. The molecule has 1 saturated carbocycles. The smallest absolute Gasteiger partial charge is 0.305 e. The SMILES string of the molecule is CCC1C2CC(OO2)C1/C=C/C(CCCCCCCC(=O)OC)OO. The fourth-order valence-electron chi connectivity index (χ4n) is 3.93. The lowest BCUT2D eigenvalue weighted by Gasteiger charge is -2.27. The highest BCUT2D eigenvalue weighted by atomic mass is 17.2. The highest BCUT2D eigenvalue weighted by molar-refractivity contribution is 5.68. The fourth-order valence-corrected chi connectivity index (χ4v) is 3.93. The molecule has 0 spiro atoms. The molecular formula is C19H32O6. The number of unbranched alkanes of at least 4 members (excludes halogenated alkanes) is 4. The summed E-state index contributed by atoms with van der Waals surface area (Å²) >= 11 is 0. The number of hydrogen-bond donors (Lipinski definition) is 1. The summed E-state index contributed by atoms with van der Waals surface area (Å²) in [6, 6.07) is 0. The van der Waals surface area contributed by atoms with Crippen molar-refractivity contribution in [2.45, 2.75) is 83.0 Å².